The number of Topliss-reactive ketones (excluding diaryl/α,β-unsaturated/α-hetero) is 2. The van der Waals surface area contributed by atoms with Crippen molar-refractivity contribution >= 4 is 35.4 Å². The van der Waals surface area contributed by atoms with Crippen LogP contribution in [0, 0.1) is 45.3 Å². The number of hydrogen-bond acceptors (Lipinski definition) is 4. The number of hydrogen-bond donors (Lipinski definition) is 0. The van der Waals surface area contributed by atoms with E-state index in [1.54, 1.807) is 0 Å². The largest absolute Gasteiger partial charge is 0.299 e. The quantitative estimate of drug-likeness (QED) is 0.519. The van der Waals surface area contributed by atoms with Gasteiger partial charge in [0.25, 0.3) is 0 Å². The summed E-state index contributed by atoms with van der Waals surface area (Å²) in [5.74, 6) is 0.926. The molecule has 6 atom stereocenters. The molecule has 1 aromatic carbocycles. The molecule has 170 valence electrons. The zero-order valence-electron chi connectivity index (χ0n) is 20.3. The van der Waals surface area contributed by atoms with Gasteiger partial charge in [0.1, 0.15) is 11.6 Å². The molecule has 0 aliphatic heterocycles. The van der Waals surface area contributed by atoms with Gasteiger partial charge in [0, 0.05) is 23.8 Å². The molecule has 4 aliphatic rings. The number of benzene rings is 1. The topological polar surface area (TPSA) is 58.9 Å². The minimum absolute atomic E-state index is 0.0167. The van der Waals surface area contributed by atoms with E-state index in [0.29, 0.717) is 17.5 Å². The highest BCUT2D eigenvalue weighted by atomic mass is 16.1. The van der Waals surface area contributed by atoms with E-state index < -0.39 is 0 Å². The molecule has 4 bridgehead atoms. The molecule has 4 heteroatoms. The van der Waals surface area contributed by atoms with Crippen LogP contribution < -0.4 is 0 Å². The van der Waals surface area contributed by atoms with E-state index in [1.807, 2.05) is 36.7 Å². The Bertz CT molecular complexity index is 1050. The van der Waals surface area contributed by atoms with E-state index in [0.717, 1.165) is 37.1 Å². The minimum Gasteiger partial charge on any atom is -0.299 e. The Labute approximate surface area is 192 Å². The van der Waals surface area contributed by atoms with Gasteiger partial charge in [-0.15, -0.1) is 0 Å². The monoisotopic (exact) mass is 432 g/mol. The third-order valence-electron chi connectivity index (χ3n) is 10.8. The first kappa shape index (κ1) is 21.7. The van der Waals surface area contributed by atoms with Crippen LogP contribution in [0.2, 0.25) is 0 Å². The first-order valence-corrected chi connectivity index (χ1v) is 12.2. The lowest BCUT2D eigenvalue weighted by molar-refractivity contribution is -0.129. The molecule has 4 fully saturated rings. The molecule has 1 aromatic rings. The Morgan fingerprint density at radius 2 is 1.47 bits per heavy atom. The van der Waals surface area contributed by atoms with E-state index in [2.05, 4.69) is 41.5 Å². The number of carbonyl (C=O) groups excluding carboxylic acids is 2. The number of fused-ring (bicyclic) bond motifs is 4. The van der Waals surface area contributed by atoms with Crippen molar-refractivity contribution in [2.45, 2.75) is 67.2 Å². The lowest BCUT2D eigenvalue weighted by Gasteiger charge is -2.36. The van der Waals surface area contributed by atoms with Gasteiger partial charge in [-0.3, -0.25) is 19.6 Å². The van der Waals surface area contributed by atoms with Crippen molar-refractivity contribution in [3.8, 4) is 0 Å². The van der Waals surface area contributed by atoms with Crippen LogP contribution in [0.1, 0.15) is 67.2 Å². The van der Waals surface area contributed by atoms with Crippen molar-refractivity contribution in [2.75, 3.05) is 0 Å². The van der Waals surface area contributed by atoms with Crippen molar-refractivity contribution in [1.29, 1.82) is 0 Å². The second-order valence-electron chi connectivity index (χ2n) is 12.2. The third-order valence-corrected chi connectivity index (χ3v) is 10.8. The van der Waals surface area contributed by atoms with Crippen molar-refractivity contribution in [3.05, 3.63) is 24.3 Å². The molecule has 4 saturated carbocycles. The van der Waals surface area contributed by atoms with E-state index in [4.69, 9.17) is 9.98 Å². The van der Waals surface area contributed by atoms with Gasteiger partial charge in [-0.25, -0.2) is 0 Å². The highest BCUT2D eigenvalue weighted by Gasteiger charge is 2.66. The summed E-state index contributed by atoms with van der Waals surface area (Å²) in [5.41, 5.74) is 1.29. The molecular weight excluding hydrogens is 396 g/mol. The molecular formula is C28H36N2O2. The number of para-hydroxylation sites is 2. The summed E-state index contributed by atoms with van der Waals surface area (Å²) < 4.78 is 0. The zero-order chi connectivity index (χ0) is 23.1. The minimum atomic E-state index is -0.240. The molecule has 4 aliphatic carbocycles. The number of ketones is 2. The fourth-order valence-electron chi connectivity index (χ4n) is 7.67. The number of rotatable bonds is 4. The molecule has 0 amide bonds. The van der Waals surface area contributed by atoms with Crippen LogP contribution in [0.5, 0.6) is 0 Å². The first-order chi connectivity index (χ1) is 14.9. The summed E-state index contributed by atoms with van der Waals surface area (Å²) >= 11 is 0. The molecule has 0 unspecified atom stereocenters. The standard InChI is InChI=1S/C28H36N2O2/c1-25(2)18-11-14-28(25,6)24(32)17(18)15-29-21-9-7-8-10-22(21)30-16-20-23(31)19-12-13-27(20,5)26(19,3)4/h7-10,15-20H,11-14H2,1-6H3/t17-,18-,19+,20+,27+,28+/m0/s1. The molecule has 0 aromatic heterocycles. The summed E-state index contributed by atoms with van der Waals surface area (Å²) in [7, 11) is 0. The Hall–Kier alpha value is -2.10. The van der Waals surface area contributed by atoms with Crippen LogP contribution >= 0.6 is 0 Å². The fourth-order valence-corrected chi connectivity index (χ4v) is 7.67. The molecule has 5 rings (SSSR count). The summed E-state index contributed by atoms with van der Waals surface area (Å²) in [6.45, 7) is 13.3. The van der Waals surface area contributed by atoms with Gasteiger partial charge < -0.3 is 0 Å². The molecule has 0 heterocycles. The lowest BCUT2D eigenvalue weighted by atomic mass is 9.67. The summed E-state index contributed by atoms with van der Waals surface area (Å²) in [6, 6.07) is 7.80. The molecule has 0 N–H and O–H groups in total. The number of aliphatic imine (C=N–C) groups is 2. The van der Waals surface area contributed by atoms with Crippen molar-refractivity contribution in [1.82, 2.24) is 0 Å². The second kappa shape index (κ2) is 6.71. The summed E-state index contributed by atoms with van der Waals surface area (Å²) in [6.07, 6.45) is 7.91. The van der Waals surface area contributed by atoms with Crippen LogP contribution in [0.4, 0.5) is 11.4 Å². The summed E-state index contributed by atoms with van der Waals surface area (Å²) in [4.78, 5) is 35.7. The highest BCUT2D eigenvalue weighted by Crippen LogP contribution is 2.66. The molecule has 0 spiro atoms. The Kier molecular flexibility index (Phi) is 4.56. The van der Waals surface area contributed by atoms with E-state index in [1.165, 1.54) is 0 Å². The lowest BCUT2D eigenvalue weighted by Crippen LogP contribution is -2.34. The maximum absolute atomic E-state index is 13.2. The van der Waals surface area contributed by atoms with Crippen LogP contribution in [0.25, 0.3) is 0 Å². The Morgan fingerprint density at radius 1 is 0.844 bits per heavy atom. The third kappa shape index (κ3) is 2.55. The van der Waals surface area contributed by atoms with Crippen LogP contribution in [0.15, 0.2) is 34.3 Å². The van der Waals surface area contributed by atoms with Gasteiger partial charge in [-0.1, -0.05) is 53.7 Å². The number of carbonyl (C=O) groups is 2. The summed E-state index contributed by atoms with van der Waals surface area (Å²) in [5, 5.41) is 0. The van der Waals surface area contributed by atoms with Gasteiger partial charge in [0.05, 0.1) is 23.2 Å². The maximum atomic E-state index is 13.2. The molecule has 32 heavy (non-hydrogen) atoms. The van der Waals surface area contributed by atoms with E-state index in [-0.39, 0.29) is 39.4 Å². The molecule has 0 radical (unpaired) electrons. The zero-order valence-corrected chi connectivity index (χ0v) is 20.3. The predicted octanol–water partition coefficient (Wildman–Crippen LogP) is 6.37. The molecule has 4 nitrogen and oxygen atoms in total. The Balaban J connectivity index is 1.41. The average molecular weight is 433 g/mol. The second-order valence-corrected chi connectivity index (χ2v) is 12.2. The van der Waals surface area contributed by atoms with Crippen molar-refractivity contribution in [2.24, 2.45) is 55.3 Å². The van der Waals surface area contributed by atoms with Gasteiger partial charge in [0.2, 0.25) is 0 Å². The van der Waals surface area contributed by atoms with Gasteiger partial charge in [0.15, 0.2) is 0 Å². The first-order valence-electron chi connectivity index (χ1n) is 12.2. The van der Waals surface area contributed by atoms with E-state index in [9.17, 15) is 9.59 Å². The number of nitrogens with zero attached hydrogens (tertiary/aromatic N) is 2. The van der Waals surface area contributed by atoms with Crippen molar-refractivity contribution < 1.29 is 9.59 Å². The normalized spacial score (nSPS) is 41.6. The van der Waals surface area contributed by atoms with Crippen LogP contribution in [0.3, 0.4) is 0 Å². The van der Waals surface area contributed by atoms with Gasteiger partial charge in [-0.05, 0) is 60.0 Å². The van der Waals surface area contributed by atoms with Gasteiger partial charge in [-0.2, -0.15) is 0 Å². The predicted molar refractivity (Wildman–Crippen MR) is 129 cm³/mol. The van der Waals surface area contributed by atoms with Gasteiger partial charge >= 0.3 is 0 Å². The highest BCUT2D eigenvalue weighted by molar-refractivity contribution is 6.03. The van der Waals surface area contributed by atoms with Crippen molar-refractivity contribution in [3.63, 3.8) is 0 Å². The van der Waals surface area contributed by atoms with Crippen LogP contribution in [-0.2, 0) is 9.59 Å². The Morgan fingerprint density at radius 3 is 2.00 bits per heavy atom. The average Bonchev–Trinajstić information content (AvgIpc) is 3.22. The SMILES string of the molecule is CC1(C)[C@H]2CC[C@]1(C)C(=O)[C@H]2C=Nc1ccccc1N=C[C@@H]1C(=O)[C@H]2CC[C@@]1(C)C2(C)C. The van der Waals surface area contributed by atoms with Crippen LogP contribution in [-0.4, -0.2) is 24.0 Å². The maximum Gasteiger partial charge on any atom is 0.147 e. The van der Waals surface area contributed by atoms with E-state index >= 15 is 0 Å². The molecule has 0 saturated heterocycles. The fraction of sp³-hybridized carbons (Fsp3) is 0.643. The smallest absolute Gasteiger partial charge is 0.147 e.